The molecular weight excluding hydrogens is 228 g/mol. The number of ether oxygens (including phenoxy) is 1. The predicted molar refractivity (Wildman–Crippen MR) is 62.4 cm³/mol. The lowest BCUT2D eigenvalue weighted by atomic mass is 10.1. The van der Waals surface area contributed by atoms with Gasteiger partial charge < -0.3 is 10.5 Å². The Hall–Kier alpha value is -1.75. The molecule has 84 valence electrons. The fraction of sp³-hybridized carbons (Fsp3) is 0.200. The fourth-order valence-electron chi connectivity index (χ4n) is 1.45. The molecule has 16 heavy (non-hydrogen) atoms. The van der Waals surface area contributed by atoms with Gasteiger partial charge in [0.25, 0.3) is 0 Å². The Morgan fingerprint density at radius 3 is 2.75 bits per heavy atom. The molecule has 0 saturated heterocycles. The van der Waals surface area contributed by atoms with E-state index in [0.717, 1.165) is 5.56 Å². The number of nitrogens with zero attached hydrogens (tertiary/aromatic N) is 3. The third kappa shape index (κ3) is 1.69. The highest BCUT2D eigenvalue weighted by Crippen LogP contribution is 2.34. The first-order valence-electron chi connectivity index (χ1n) is 4.61. The maximum absolute atomic E-state index is 5.97. The number of nitrogens with two attached hydrogens (primary N) is 1. The Balaban J connectivity index is 2.64. The second kappa shape index (κ2) is 4.02. The van der Waals surface area contributed by atoms with E-state index in [9.17, 15) is 0 Å². The van der Waals surface area contributed by atoms with E-state index in [1.165, 1.54) is 6.33 Å². The molecule has 0 radical (unpaired) electrons. The Kier molecular flexibility index (Phi) is 2.70. The summed E-state index contributed by atoms with van der Waals surface area (Å²) in [7, 11) is 3.37. The Bertz CT molecular complexity index is 524. The largest absolute Gasteiger partial charge is 0.496 e. The first-order chi connectivity index (χ1) is 7.63. The number of hydrogen-bond donors (Lipinski definition) is 1. The zero-order chi connectivity index (χ0) is 11.7. The van der Waals surface area contributed by atoms with Crippen molar-refractivity contribution in [2.24, 2.45) is 7.05 Å². The number of halogens is 1. The molecule has 0 bridgehead atoms. The van der Waals surface area contributed by atoms with Crippen LogP contribution in [0.15, 0.2) is 18.5 Å². The average molecular weight is 239 g/mol. The van der Waals surface area contributed by atoms with Crippen molar-refractivity contribution in [2.75, 3.05) is 12.8 Å². The van der Waals surface area contributed by atoms with Crippen molar-refractivity contribution in [1.82, 2.24) is 14.8 Å². The lowest BCUT2D eigenvalue weighted by Crippen LogP contribution is -1.98. The minimum atomic E-state index is 0.471. The molecule has 1 heterocycles. The molecule has 2 aromatic rings. The molecule has 5 nitrogen and oxygen atoms in total. The van der Waals surface area contributed by atoms with Gasteiger partial charge >= 0.3 is 0 Å². The number of methoxy groups -OCH3 is 1. The summed E-state index contributed by atoms with van der Waals surface area (Å²) in [6, 6.07) is 3.39. The van der Waals surface area contributed by atoms with Crippen LogP contribution in [0, 0.1) is 0 Å². The van der Waals surface area contributed by atoms with Crippen LogP contribution < -0.4 is 10.5 Å². The number of anilines is 1. The van der Waals surface area contributed by atoms with Gasteiger partial charge in [-0.1, -0.05) is 11.6 Å². The average Bonchev–Trinajstić information content (AvgIpc) is 2.68. The molecule has 0 amide bonds. The summed E-state index contributed by atoms with van der Waals surface area (Å²) in [4.78, 5) is 4.14. The number of aryl methyl sites for hydroxylation is 1. The van der Waals surface area contributed by atoms with Gasteiger partial charge in [0.05, 0.1) is 23.4 Å². The molecule has 6 heteroatoms. The van der Waals surface area contributed by atoms with E-state index in [2.05, 4.69) is 10.1 Å². The number of nitrogen functional groups attached to an aromatic ring is 1. The Morgan fingerprint density at radius 1 is 1.44 bits per heavy atom. The van der Waals surface area contributed by atoms with Crippen LogP contribution in [0.2, 0.25) is 5.02 Å². The van der Waals surface area contributed by atoms with Crippen LogP contribution in [0.5, 0.6) is 5.75 Å². The number of aromatic nitrogens is 3. The zero-order valence-electron chi connectivity index (χ0n) is 8.94. The van der Waals surface area contributed by atoms with Crippen LogP contribution in [-0.4, -0.2) is 21.9 Å². The Morgan fingerprint density at radius 2 is 2.19 bits per heavy atom. The van der Waals surface area contributed by atoms with E-state index >= 15 is 0 Å². The van der Waals surface area contributed by atoms with Crippen LogP contribution >= 0.6 is 11.6 Å². The van der Waals surface area contributed by atoms with E-state index in [1.54, 1.807) is 31.0 Å². The van der Waals surface area contributed by atoms with Crippen molar-refractivity contribution in [3.8, 4) is 17.1 Å². The molecule has 0 saturated carbocycles. The number of hydrogen-bond acceptors (Lipinski definition) is 4. The van der Waals surface area contributed by atoms with Crippen LogP contribution in [-0.2, 0) is 7.05 Å². The highest BCUT2D eigenvalue weighted by atomic mass is 35.5. The minimum Gasteiger partial charge on any atom is -0.496 e. The van der Waals surface area contributed by atoms with Crippen LogP contribution in [0.4, 0.5) is 5.69 Å². The van der Waals surface area contributed by atoms with Crippen molar-refractivity contribution >= 4 is 17.3 Å². The lowest BCUT2D eigenvalue weighted by molar-refractivity contribution is 0.416. The van der Waals surface area contributed by atoms with Crippen LogP contribution in [0.25, 0.3) is 11.4 Å². The highest BCUT2D eigenvalue weighted by Gasteiger charge is 2.13. The summed E-state index contributed by atoms with van der Waals surface area (Å²) in [5, 5.41) is 4.47. The molecule has 0 aliphatic carbocycles. The van der Waals surface area contributed by atoms with Gasteiger partial charge in [-0.25, -0.2) is 9.67 Å². The van der Waals surface area contributed by atoms with E-state index in [0.29, 0.717) is 22.3 Å². The lowest BCUT2D eigenvalue weighted by Gasteiger charge is -2.09. The summed E-state index contributed by atoms with van der Waals surface area (Å²) in [6.07, 6.45) is 1.47. The maximum Gasteiger partial charge on any atom is 0.161 e. The highest BCUT2D eigenvalue weighted by molar-refractivity contribution is 6.33. The van der Waals surface area contributed by atoms with Crippen LogP contribution in [0.3, 0.4) is 0 Å². The molecular formula is C10H11ClN4O. The summed E-state index contributed by atoms with van der Waals surface area (Å²) >= 11 is 5.97. The molecule has 0 atom stereocenters. The van der Waals surface area contributed by atoms with Crippen molar-refractivity contribution < 1.29 is 4.74 Å². The Labute approximate surface area is 97.8 Å². The molecule has 0 aliphatic heterocycles. The summed E-state index contributed by atoms with van der Waals surface area (Å²) < 4.78 is 6.88. The first-order valence-corrected chi connectivity index (χ1v) is 4.98. The third-order valence-corrected chi connectivity index (χ3v) is 2.60. The van der Waals surface area contributed by atoms with Gasteiger partial charge in [-0.15, -0.1) is 0 Å². The van der Waals surface area contributed by atoms with Crippen molar-refractivity contribution in [3.05, 3.63) is 23.5 Å². The van der Waals surface area contributed by atoms with E-state index in [1.807, 2.05) is 0 Å². The van der Waals surface area contributed by atoms with Gasteiger partial charge in [0.15, 0.2) is 5.82 Å². The van der Waals surface area contributed by atoms with Crippen molar-refractivity contribution in [3.63, 3.8) is 0 Å². The third-order valence-electron chi connectivity index (χ3n) is 2.27. The molecule has 2 N–H and O–H groups in total. The summed E-state index contributed by atoms with van der Waals surface area (Å²) in [5.74, 6) is 1.30. The topological polar surface area (TPSA) is 66.0 Å². The van der Waals surface area contributed by atoms with Gasteiger partial charge in [-0.05, 0) is 6.07 Å². The van der Waals surface area contributed by atoms with Crippen molar-refractivity contribution in [2.45, 2.75) is 0 Å². The minimum absolute atomic E-state index is 0.471. The normalized spacial score (nSPS) is 10.4. The molecule has 0 fully saturated rings. The zero-order valence-corrected chi connectivity index (χ0v) is 9.69. The molecule has 2 rings (SSSR count). The van der Waals surface area contributed by atoms with Gasteiger partial charge in [0.1, 0.15) is 12.1 Å². The van der Waals surface area contributed by atoms with Crippen LogP contribution in [0.1, 0.15) is 0 Å². The van der Waals surface area contributed by atoms with Crippen molar-refractivity contribution in [1.29, 1.82) is 0 Å². The molecule has 1 aromatic heterocycles. The van der Waals surface area contributed by atoms with E-state index < -0.39 is 0 Å². The van der Waals surface area contributed by atoms with E-state index in [4.69, 9.17) is 22.1 Å². The molecule has 0 spiro atoms. The number of benzene rings is 1. The summed E-state index contributed by atoms with van der Waals surface area (Å²) in [5.41, 5.74) is 6.94. The second-order valence-corrected chi connectivity index (χ2v) is 3.69. The first kappa shape index (κ1) is 10.8. The quantitative estimate of drug-likeness (QED) is 0.810. The molecule has 1 aromatic carbocycles. The molecule has 0 aliphatic rings. The van der Waals surface area contributed by atoms with Gasteiger partial charge in [0, 0.05) is 13.1 Å². The standard InChI is InChI=1S/C10H11ClN4O/c1-15-10(13-5-14-15)6-3-7(11)8(12)4-9(6)16-2/h3-5H,12H2,1-2H3. The SMILES string of the molecule is COc1cc(N)c(Cl)cc1-c1ncnn1C. The monoisotopic (exact) mass is 238 g/mol. The number of rotatable bonds is 2. The second-order valence-electron chi connectivity index (χ2n) is 3.28. The summed E-state index contributed by atoms with van der Waals surface area (Å²) in [6.45, 7) is 0. The molecule has 0 unspecified atom stereocenters. The van der Waals surface area contributed by atoms with Gasteiger partial charge in [0.2, 0.25) is 0 Å². The maximum atomic E-state index is 5.97. The fourth-order valence-corrected chi connectivity index (χ4v) is 1.62. The van der Waals surface area contributed by atoms with Gasteiger partial charge in [-0.2, -0.15) is 5.10 Å². The van der Waals surface area contributed by atoms with E-state index in [-0.39, 0.29) is 0 Å². The smallest absolute Gasteiger partial charge is 0.161 e. The van der Waals surface area contributed by atoms with Gasteiger partial charge in [-0.3, -0.25) is 0 Å². The predicted octanol–water partition coefficient (Wildman–Crippen LogP) is 1.73.